The summed E-state index contributed by atoms with van der Waals surface area (Å²) < 4.78 is 15.6. The Bertz CT molecular complexity index is 1660. The predicted molar refractivity (Wildman–Crippen MR) is 136 cm³/mol. The number of aromatic amines is 1. The number of ether oxygens (including phenoxy) is 2. The third-order valence-corrected chi connectivity index (χ3v) is 6.44. The average molecular weight is 499 g/mol. The number of pyridine rings is 2. The number of aromatic nitrogens is 8. The van der Waals surface area contributed by atoms with Crippen molar-refractivity contribution in [3.8, 4) is 17.6 Å². The van der Waals surface area contributed by atoms with Gasteiger partial charge in [0.15, 0.2) is 22.8 Å². The lowest BCUT2D eigenvalue weighted by atomic mass is 9.91. The van der Waals surface area contributed by atoms with Gasteiger partial charge >= 0.3 is 0 Å². The van der Waals surface area contributed by atoms with Crippen molar-refractivity contribution < 1.29 is 9.47 Å². The second-order valence-electron chi connectivity index (χ2n) is 10.1. The molecule has 0 bridgehead atoms. The van der Waals surface area contributed by atoms with Crippen molar-refractivity contribution in [3.63, 3.8) is 0 Å². The minimum Gasteiger partial charge on any atom is -0.454 e. The molecule has 1 atom stereocenters. The molecular weight excluding hydrogens is 472 g/mol. The van der Waals surface area contributed by atoms with Gasteiger partial charge < -0.3 is 19.4 Å². The molecule has 0 aliphatic carbocycles. The quantitative estimate of drug-likeness (QED) is 0.366. The van der Waals surface area contributed by atoms with E-state index in [1.807, 2.05) is 23.8 Å². The Balaban J connectivity index is 1.29. The van der Waals surface area contributed by atoms with Gasteiger partial charge in [0, 0.05) is 36.9 Å². The van der Waals surface area contributed by atoms with Gasteiger partial charge in [-0.25, -0.2) is 9.97 Å². The molecule has 5 aromatic rings. The normalized spacial score (nSPS) is 15.9. The fourth-order valence-corrected chi connectivity index (χ4v) is 4.50. The van der Waals surface area contributed by atoms with Crippen LogP contribution >= 0.6 is 0 Å². The van der Waals surface area contributed by atoms with Gasteiger partial charge in [0.25, 0.3) is 0 Å². The SMILES string of the molecule is Cn1c(Nc2cc(C(C)(C)C)n([C@@H]3CCOC3)n2)nc2ncc(Oc3cnc4[nH]nc(C#N)c4c3)cc21. The molecule has 0 spiro atoms. The molecule has 1 fully saturated rings. The summed E-state index contributed by atoms with van der Waals surface area (Å²) in [6, 6.07) is 7.94. The first-order valence-electron chi connectivity index (χ1n) is 12.0. The Morgan fingerprint density at radius 2 is 2.00 bits per heavy atom. The summed E-state index contributed by atoms with van der Waals surface area (Å²) in [6.45, 7) is 7.97. The summed E-state index contributed by atoms with van der Waals surface area (Å²) in [5, 5.41) is 24.7. The fourth-order valence-electron chi connectivity index (χ4n) is 4.50. The van der Waals surface area contributed by atoms with Crippen molar-refractivity contribution in [1.29, 1.82) is 5.26 Å². The zero-order valence-electron chi connectivity index (χ0n) is 21.0. The molecule has 6 heterocycles. The molecule has 6 rings (SSSR count). The summed E-state index contributed by atoms with van der Waals surface area (Å²) in [7, 11) is 1.91. The Labute approximate surface area is 212 Å². The molecule has 1 aliphatic heterocycles. The minimum absolute atomic E-state index is 0.0714. The Morgan fingerprint density at radius 3 is 2.76 bits per heavy atom. The summed E-state index contributed by atoms with van der Waals surface area (Å²) in [5.41, 5.74) is 3.22. The maximum atomic E-state index is 9.24. The molecule has 12 heteroatoms. The molecule has 2 N–H and O–H groups in total. The highest BCUT2D eigenvalue weighted by atomic mass is 16.5. The van der Waals surface area contributed by atoms with Crippen LogP contribution in [0.3, 0.4) is 0 Å². The van der Waals surface area contributed by atoms with Crippen LogP contribution in [0.5, 0.6) is 11.5 Å². The summed E-state index contributed by atoms with van der Waals surface area (Å²) >= 11 is 0. The number of nitriles is 1. The van der Waals surface area contributed by atoms with Gasteiger partial charge in [-0.05, 0) is 12.5 Å². The smallest absolute Gasteiger partial charge is 0.210 e. The van der Waals surface area contributed by atoms with Gasteiger partial charge in [0.1, 0.15) is 17.6 Å². The van der Waals surface area contributed by atoms with Crippen molar-refractivity contribution in [1.82, 2.24) is 39.5 Å². The molecule has 0 unspecified atom stereocenters. The van der Waals surface area contributed by atoms with Crippen LogP contribution in [-0.4, -0.2) is 52.7 Å². The molecule has 0 saturated carbocycles. The van der Waals surface area contributed by atoms with E-state index >= 15 is 0 Å². The topological polar surface area (TPSA) is 144 Å². The van der Waals surface area contributed by atoms with E-state index in [9.17, 15) is 5.26 Å². The number of hydrogen-bond acceptors (Lipinski definition) is 9. The summed E-state index contributed by atoms with van der Waals surface area (Å²) in [5.74, 6) is 2.33. The van der Waals surface area contributed by atoms with E-state index in [0.29, 0.717) is 40.7 Å². The molecule has 0 aromatic carbocycles. The van der Waals surface area contributed by atoms with Crippen molar-refractivity contribution in [2.45, 2.75) is 38.6 Å². The number of anilines is 2. The second-order valence-corrected chi connectivity index (χ2v) is 10.1. The van der Waals surface area contributed by atoms with Gasteiger partial charge in [-0.1, -0.05) is 20.8 Å². The van der Waals surface area contributed by atoms with Crippen molar-refractivity contribution in [3.05, 3.63) is 42.0 Å². The first-order chi connectivity index (χ1) is 17.8. The van der Waals surface area contributed by atoms with Crippen LogP contribution in [0.4, 0.5) is 11.8 Å². The molecule has 37 heavy (non-hydrogen) atoms. The molecule has 0 radical (unpaired) electrons. The van der Waals surface area contributed by atoms with E-state index in [4.69, 9.17) is 14.6 Å². The third kappa shape index (κ3) is 4.13. The number of hydrogen-bond donors (Lipinski definition) is 2. The third-order valence-electron chi connectivity index (χ3n) is 6.44. The number of aryl methyl sites for hydroxylation is 1. The van der Waals surface area contributed by atoms with Gasteiger partial charge in [-0.2, -0.15) is 20.4 Å². The average Bonchev–Trinajstić information content (AvgIpc) is 3.65. The van der Waals surface area contributed by atoms with Crippen LogP contribution in [0.1, 0.15) is 44.6 Å². The second kappa shape index (κ2) is 8.56. The van der Waals surface area contributed by atoms with Crippen molar-refractivity contribution in [2.75, 3.05) is 18.5 Å². The summed E-state index contributed by atoms with van der Waals surface area (Å²) in [4.78, 5) is 13.4. The molecule has 5 aromatic heterocycles. The van der Waals surface area contributed by atoms with Crippen LogP contribution in [0.25, 0.3) is 22.2 Å². The Kier molecular flexibility index (Phi) is 5.31. The van der Waals surface area contributed by atoms with E-state index in [1.165, 1.54) is 0 Å². The summed E-state index contributed by atoms with van der Waals surface area (Å²) in [6.07, 6.45) is 4.13. The van der Waals surface area contributed by atoms with Crippen LogP contribution in [0, 0.1) is 11.3 Å². The van der Waals surface area contributed by atoms with E-state index in [1.54, 1.807) is 18.5 Å². The largest absolute Gasteiger partial charge is 0.454 e. The standard InChI is InChI=1S/C25H26N10O2/c1-25(2,3)20-9-21(33-35(20)14-5-6-36-13-14)29-24-30-23-19(34(24)4)8-16(12-28-23)37-15-7-17-18(10-26)31-32-22(17)27-11-15/h7-9,11-12,14H,5-6,13H2,1-4H3,(H,27,31,32)(H,28,29,30,33)/t14-/m1/s1. The van der Waals surface area contributed by atoms with E-state index < -0.39 is 0 Å². The monoisotopic (exact) mass is 498 g/mol. The van der Waals surface area contributed by atoms with Gasteiger partial charge in [-0.15, -0.1) is 0 Å². The number of rotatable bonds is 5. The van der Waals surface area contributed by atoms with Crippen LogP contribution < -0.4 is 10.1 Å². The first-order valence-corrected chi connectivity index (χ1v) is 12.0. The van der Waals surface area contributed by atoms with Crippen LogP contribution in [-0.2, 0) is 17.2 Å². The molecule has 1 aliphatic rings. The maximum Gasteiger partial charge on any atom is 0.210 e. The zero-order chi connectivity index (χ0) is 25.7. The highest BCUT2D eigenvalue weighted by Crippen LogP contribution is 2.32. The molecule has 12 nitrogen and oxygen atoms in total. The van der Waals surface area contributed by atoms with E-state index in [-0.39, 0.29) is 17.2 Å². The lowest BCUT2D eigenvalue weighted by molar-refractivity contribution is 0.183. The van der Waals surface area contributed by atoms with Gasteiger partial charge in [-0.3, -0.25) is 9.78 Å². The van der Waals surface area contributed by atoms with Crippen LogP contribution in [0.15, 0.2) is 30.6 Å². The highest BCUT2D eigenvalue weighted by molar-refractivity contribution is 5.81. The Hall–Kier alpha value is -4.50. The first kappa shape index (κ1) is 22.9. The van der Waals surface area contributed by atoms with Gasteiger partial charge in [0.2, 0.25) is 5.95 Å². The van der Waals surface area contributed by atoms with Crippen molar-refractivity contribution >= 4 is 34.0 Å². The lowest BCUT2D eigenvalue weighted by Crippen LogP contribution is -2.22. The van der Waals surface area contributed by atoms with Crippen LogP contribution in [0.2, 0.25) is 0 Å². The lowest BCUT2D eigenvalue weighted by Gasteiger charge is -2.22. The highest BCUT2D eigenvalue weighted by Gasteiger charge is 2.28. The number of fused-ring (bicyclic) bond motifs is 2. The molecule has 188 valence electrons. The predicted octanol–water partition coefficient (Wildman–Crippen LogP) is 4.10. The van der Waals surface area contributed by atoms with Crippen molar-refractivity contribution in [2.24, 2.45) is 7.05 Å². The number of nitrogens with one attached hydrogen (secondary N) is 2. The zero-order valence-corrected chi connectivity index (χ0v) is 21.0. The number of nitrogens with zero attached hydrogens (tertiary/aromatic N) is 8. The number of H-pyrrole nitrogens is 1. The fraction of sp³-hybridized carbons (Fsp3) is 0.360. The van der Waals surface area contributed by atoms with E-state index in [0.717, 1.165) is 30.1 Å². The van der Waals surface area contributed by atoms with E-state index in [2.05, 4.69) is 62.0 Å². The molecule has 1 saturated heterocycles. The maximum absolute atomic E-state index is 9.24. The number of imidazole rings is 1. The Morgan fingerprint density at radius 1 is 1.19 bits per heavy atom. The van der Waals surface area contributed by atoms with Gasteiger partial charge in [0.05, 0.1) is 35.9 Å². The molecule has 0 amide bonds. The molecular formula is C25H26N10O2. The minimum atomic E-state index is -0.0714.